The van der Waals surface area contributed by atoms with Crippen molar-refractivity contribution in [1.82, 2.24) is 4.98 Å². The smallest absolute Gasteiger partial charge is 0.230 e. The molecule has 21 heavy (non-hydrogen) atoms. The van der Waals surface area contributed by atoms with E-state index in [9.17, 15) is 4.79 Å². The molecule has 3 N–H and O–H groups in total. The van der Waals surface area contributed by atoms with Crippen LogP contribution < -0.4 is 11.1 Å². The highest BCUT2D eigenvalue weighted by Gasteiger charge is 2.10. The molecule has 2 aromatic carbocycles. The summed E-state index contributed by atoms with van der Waals surface area (Å²) in [6.07, 6.45) is 0.220. The Hall–Kier alpha value is -2.11. The van der Waals surface area contributed by atoms with Crippen LogP contribution in [0.5, 0.6) is 0 Å². The number of nitrogen functional groups attached to an aromatic ring is 1. The van der Waals surface area contributed by atoms with Crippen molar-refractivity contribution >= 4 is 49.9 Å². The van der Waals surface area contributed by atoms with E-state index in [4.69, 9.17) is 17.3 Å². The summed E-state index contributed by atoms with van der Waals surface area (Å²) in [7, 11) is 0. The Morgan fingerprint density at radius 2 is 2.10 bits per heavy atom. The molecule has 106 valence electrons. The Kier molecular flexibility index (Phi) is 3.77. The molecule has 3 rings (SSSR count). The Balaban J connectivity index is 1.75. The second-order valence-electron chi connectivity index (χ2n) is 4.56. The number of aromatic nitrogens is 1. The van der Waals surface area contributed by atoms with Gasteiger partial charge in [-0.05, 0) is 29.8 Å². The van der Waals surface area contributed by atoms with E-state index in [0.717, 1.165) is 15.8 Å². The van der Waals surface area contributed by atoms with Gasteiger partial charge in [0.15, 0.2) is 5.13 Å². The maximum Gasteiger partial charge on any atom is 0.230 e. The molecule has 0 unspecified atom stereocenters. The molecule has 0 spiro atoms. The number of thiazole rings is 1. The van der Waals surface area contributed by atoms with E-state index >= 15 is 0 Å². The Labute approximate surface area is 130 Å². The molecule has 0 bridgehead atoms. The monoisotopic (exact) mass is 317 g/mol. The number of amides is 1. The highest BCUT2D eigenvalue weighted by Crippen LogP contribution is 2.27. The number of nitrogens with one attached hydrogen (secondary N) is 1. The van der Waals surface area contributed by atoms with Crippen LogP contribution in [0, 0.1) is 0 Å². The van der Waals surface area contributed by atoms with Gasteiger partial charge in [-0.15, -0.1) is 0 Å². The fraction of sp³-hybridized carbons (Fsp3) is 0.0667. The first-order valence-corrected chi connectivity index (χ1v) is 7.50. The Morgan fingerprint density at radius 3 is 2.90 bits per heavy atom. The number of benzene rings is 2. The minimum atomic E-state index is -0.143. The van der Waals surface area contributed by atoms with Crippen LogP contribution in [0.1, 0.15) is 5.56 Å². The zero-order valence-corrected chi connectivity index (χ0v) is 12.5. The number of nitrogens with two attached hydrogens (primary N) is 1. The summed E-state index contributed by atoms with van der Waals surface area (Å²) in [5, 5.41) is 3.95. The van der Waals surface area contributed by atoms with Crippen LogP contribution in [0.3, 0.4) is 0 Å². The lowest BCUT2D eigenvalue weighted by Crippen LogP contribution is -2.14. The van der Waals surface area contributed by atoms with Gasteiger partial charge in [0.05, 0.1) is 16.6 Å². The minimum absolute atomic E-state index is 0.143. The van der Waals surface area contributed by atoms with Crippen LogP contribution in [-0.2, 0) is 11.2 Å². The lowest BCUT2D eigenvalue weighted by atomic mass is 10.1. The average molecular weight is 318 g/mol. The summed E-state index contributed by atoms with van der Waals surface area (Å²) >= 11 is 7.44. The molecule has 0 aliphatic carbocycles. The van der Waals surface area contributed by atoms with E-state index < -0.39 is 0 Å². The number of hydrogen-bond acceptors (Lipinski definition) is 4. The quantitative estimate of drug-likeness (QED) is 0.723. The number of halogens is 1. The molecule has 1 heterocycles. The SMILES string of the molecule is Nc1ccc2nc(NC(=O)Cc3ccccc3Cl)sc2c1. The molecular weight excluding hydrogens is 306 g/mol. The summed E-state index contributed by atoms with van der Waals surface area (Å²) in [4.78, 5) is 16.4. The summed E-state index contributed by atoms with van der Waals surface area (Å²) in [6.45, 7) is 0. The molecule has 4 nitrogen and oxygen atoms in total. The van der Waals surface area contributed by atoms with Crippen LogP contribution in [0.15, 0.2) is 42.5 Å². The molecule has 0 saturated carbocycles. The second kappa shape index (κ2) is 5.71. The van der Waals surface area contributed by atoms with Crippen molar-refractivity contribution in [1.29, 1.82) is 0 Å². The Morgan fingerprint density at radius 1 is 1.29 bits per heavy atom. The lowest BCUT2D eigenvalue weighted by molar-refractivity contribution is -0.115. The molecule has 0 aliphatic heterocycles. The van der Waals surface area contributed by atoms with E-state index in [1.165, 1.54) is 11.3 Å². The maximum absolute atomic E-state index is 12.1. The first-order valence-electron chi connectivity index (χ1n) is 6.31. The summed E-state index contributed by atoms with van der Waals surface area (Å²) in [6, 6.07) is 12.8. The third-order valence-electron chi connectivity index (χ3n) is 2.97. The van der Waals surface area contributed by atoms with Gasteiger partial charge in [-0.2, -0.15) is 0 Å². The molecule has 0 atom stereocenters. The van der Waals surface area contributed by atoms with E-state index in [1.54, 1.807) is 12.1 Å². The van der Waals surface area contributed by atoms with Crippen LogP contribution >= 0.6 is 22.9 Å². The molecule has 0 saturated heterocycles. The van der Waals surface area contributed by atoms with Gasteiger partial charge in [0, 0.05) is 10.7 Å². The number of nitrogens with zero attached hydrogens (tertiary/aromatic N) is 1. The fourth-order valence-corrected chi connectivity index (χ4v) is 3.11. The number of carbonyl (C=O) groups is 1. The average Bonchev–Trinajstić information content (AvgIpc) is 2.82. The van der Waals surface area contributed by atoms with Crippen molar-refractivity contribution in [2.75, 3.05) is 11.1 Å². The lowest BCUT2D eigenvalue weighted by Gasteiger charge is -2.03. The molecule has 1 aromatic heterocycles. The maximum atomic E-state index is 12.1. The van der Waals surface area contributed by atoms with Crippen LogP contribution in [0.2, 0.25) is 5.02 Å². The number of rotatable bonds is 3. The Bertz CT molecular complexity index is 816. The largest absolute Gasteiger partial charge is 0.399 e. The zero-order chi connectivity index (χ0) is 14.8. The molecule has 6 heteroatoms. The first-order chi connectivity index (χ1) is 10.1. The third kappa shape index (κ3) is 3.15. The van der Waals surface area contributed by atoms with Gasteiger partial charge in [0.1, 0.15) is 0 Å². The van der Waals surface area contributed by atoms with Gasteiger partial charge in [0.2, 0.25) is 5.91 Å². The van der Waals surface area contributed by atoms with Gasteiger partial charge in [-0.1, -0.05) is 41.1 Å². The number of hydrogen-bond donors (Lipinski definition) is 2. The van der Waals surface area contributed by atoms with Crippen molar-refractivity contribution in [2.45, 2.75) is 6.42 Å². The topological polar surface area (TPSA) is 68.0 Å². The van der Waals surface area contributed by atoms with Gasteiger partial charge in [-0.25, -0.2) is 4.98 Å². The van der Waals surface area contributed by atoms with Gasteiger partial charge in [-0.3, -0.25) is 4.79 Å². The second-order valence-corrected chi connectivity index (χ2v) is 6.00. The fourth-order valence-electron chi connectivity index (χ4n) is 1.97. The highest BCUT2D eigenvalue weighted by molar-refractivity contribution is 7.22. The van der Waals surface area contributed by atoms with E-state index in [2.05, 4.69) is 10.3 Å². The van der Waals surface area contributed by atoms with Crippen molar-refractivity contribution < 1.29 is 4.79 Å². The van der Waals surface area contributed by atoms with Crippen molar-refractivity contribution in [2.24, 2.45) is 0 Å². The number of fused-ring (bicyclic) bond motifs is 1. The van der Waals surface area contributed by atoms with Gasteiger partial charge < -0.3 is 11.1 Å². The van der Waals surface area contributed by atoms with Crippen molar-refractivity contribution in [3.8, 4) is 0 Å². The van der Waals surface area contributed by atoms with Gasteiger partial charge >= 0.3 is 0 Å². The van der Waals surface area contributed by atoms with Crippen LogP contribution in [-0.4, -0.2) is 10.9 Å². The first kappa shape index (κ1) is 13.9. The molecule has 0 aliphatic rings. The highest BCUT2D eigenvalue weighted by atomic mass is 35.5. The summed E-state index contributed by atoms with van der Waals surface area (Å²) in [5.74, 6) is -0.143. The molecule has 3 aromatic rings. The van der Waals surface area contributed by atoms with Crippen LogP contribution in [0.4, 0.5) is 10.8 Å². The molecular formula is C15H12ClN3OS. The van der Waals surface area contributed by atoms with E-state index in [-0.39, 0.29) is 12.3 Å². The van der Waals surface area contributed by atoms with E-state index in [1.807, 2.05) is 30.3 Å². The molecule has 0 fully saturated rings. The number of carbonyl (C=O) groups excluding carboxylic acids is 1. The zero-order valence-electron chi connectivity index (χ0n) is 11.0. The normalized spacial score (nSPS) is 10.7. The predicted molar refractivity (Wildman–Crippen MR) is 87.8 cm³/mol. The third-order valence-corrected chi connectivity index (χ3v) is 4.27. The van der Waals surface area contributed by atoms with Crippen molar-refractivity contribution in [3.05, 3.63) is 53.1 Å². The molecule has 0 radical (unpaired) electrons. The summed E-state index contributed by atoms with van der Waals surface area (Å²) < 4.78 is 0.947. The van der Waals surface area contributed by atoms with Crippen LogP contribution in [0.25, 0.3) is 10.2 Å². The summed E-state index contributed by atoms with van der Waals surface area (Å²) in [5.41, 5.74) is 8.03. The number of anilines is 2. The molecule has 1 amide bonds. The standard InChI is InChI=1S/C15H12ClN3OS/c16-11-4-2-1-3-9(11)7-14(20)19-15-18-12-6-5-10(17)8-13(12)21-15/h1-6,8H,7,17H2,(H,18,19,20). The minimum Gasteiger partial charge on any atom is -0.399 e. The predicted octanol–water partition coefficient (Wildman–Crippen LogP) is 3.71. The van der Waals surface area contributed by atoms with Crippen molar-refractivity contribution in [3.63, 3.8) is 0 Å². The van der Waals surface area contributed by atoms with E-state index in [0.29, 0.717) is 15.8 Å². The van der Waals surface area contributed by atoms with Gasteiger partial charge in [0.25, 0.3) is 0 Å².